The van der Waals surface area contributed by atoms with Crippen molar-refractivity contribution in [1.82, 2.24) is 25.8 Å². The van der Waals surface area contributed by atoms with Gasteiger partial charge in [-0.1, -0.05) is 78.8 Å². The average Bonchev–Trinajstić information content (AvgIpc) is 3.57. The zero-order valence-corrected chi connectivity index (χ0v) is 33.2. The molecule has 0 aromatic heterocycles. The Bertz CT molecular complexity index is 1310. The molecular formula is C39H65N5O8. The monoisotopic (exact) mass is 731 g/mol. The van der Waals surface area contributed by atoms with Crippen LogP contribution in [-0.2, 0) is 39.9 Å². The number of rotatable bonds is 22. The van der Waals surface area contributed by atoms with Crippen molar-refractivity contribution < 1.29 is 38.6 Å². The number of likely N-dealkylation sites (N-methyl/N-ethyl adjacent to an activating group) is 2. The number of methoxy groups -OCH3 is 2. The molecule has 13 nitrogen and oxygen atoms in total. The van der Waals surface area contributed by atoms with Crippen molar-refractivity contribution in [1.29, 1.82) is 0 Å². The lowest BCUT2D eigenvalue weighted by molar-refractivity contribution is -0.145. The van der Waals surface area contributed by atoms with Gasteiger partial charge in [0, 0.05) is 39.8 Å². The van der Waals surface area contributed by atoms with E-state index in [2.05, 4.69) is 16.0 Å². The number of carbonyl (C=O) groups excluding carboxylic acids is 4. The Morgan fingerprint density at radius 2 is 1.63 bits per heavy atom. The van der Waals surface area contributed by atoms with Gasteiger partial charge in [0.1, 0.15) is 17.9 Å². The molecule has 13 heteroatoms. The van der Waals surface area contributed by atoms with Gasteiger partial charge in [-0.3, -0.25) is 19.3 Å². The SMILES string of the molecule is CN[C@H](C(=O)N[C@@](C=O)(CN(C)[C@@H](C(C)C)[C@@H](CC(=O)N1CCC[C@H]1[C@H](OC)[C@@H](C)C(=O)N[C@@H](Cc1ccccc1)C(=O)O)OC)C(C)C)C(C)C. The maximum atomic E-state index is 14.1. The molecular weight excluding hydrogens is 666 g/mol. The summed E-state index contributed by atoms with van der Waals surface area (Å²) in [6.07, 6.45) is 1.13. The highest BCUT2D eigenvalue weighted by Crippen LogP contribution is 2.30. The third kappa shape index (κ3) is 11.6. The summed E-state index contributed by atoms with van der Waals surface area (Å²) in [7, 11) is 6.68. The van der Waals surface area contributed by atoms with Gasteiger partial charge in [0.05, 0.1) is 36.6 Å². The lowest BCUT2D eigenvalue weighted by Gasteiger charge is -2.43. The number of hydrogen-bond donors (Lipinski definition) is 4. The number of carboxylic acids is 1. The van der Waals surface area contributed by atoms with E-state index in [1.807, 2.05) is 83.8 Å². The molecule has 1 heterocycles. The first kappa shape index (κ1) is 44.8. The minimum atomic E-state index is -1.19. The highest BCUT2D eigenvalue weighted by atomic mass is 16.5. The molecule has 1 aromatic rings. The van der Waals surface area contributed by atoms with E-state index in [1.54, 1.807) is 26.0 Å². The molecule has 8 atom stereocenters. The van der Waals surface area contributed by atoms with E-state index >= 15 is 0 Å². The van der Waals surface area contributed by atoms with E-state index in [9.17, 15) is 29.1 Å². The van der Waals surface area contributed by atoms with Crippen LogP contribution >= 0.6 is 0 Å². The topological polar surface area (TPSA) is 167 Å². The molecule has 3 amide bonds. The Morgan fingerprint density at radius 3 is 2.12 bits per heavy atom. The summed E-state index contributed by atoms with van der Waals surface area (Å²) in [5, 5.41) is 18.6. The van der Waals surface area contributed by atoms with Crippen molar-refractivity contribution in [3.05, 3.63) is 35.9 Å². The molecule has 0 unspecified atom stereocenters. The molecule has 0 saturated carbocycles. The number of likely N-dealkylation sites (tertiary alicyclic amines) is 1. The summed E-state index contributed by atoms with van der Waals surface area (Å²) in [5.74, 6) is -2.94. The second-order valence-corrected chi connectivity index (χ2v) is 15.3. The number of aliphatic carboxylic acids is 1. The van der Waals surface area contributed by atoms with Gasteiger partial charge in [-0.25, -0.2) is 4.79 Å². The fourth-order valence-electron chi connectivity index (χ4n) is 7.66. The van der Waals surface area contributed by atoms with Crippen molar-refractivity contribution in [2.24, 2.45) is 23.7 Å². The molecule has 0 radical (unpaired) electrons. The molecule has 0 bridgehead atoms. The quantitative estimate of drug-likeness (QED) is 0.130. The molecule has 294 valence electrons. The van der Waals surface area contributed by atoms with Crippen LogP contribution in [0.2, 0.25) is 0 Å². The van der Waals surface area contributed by atoms with Crippen LogP contribution in [0.3, 0.4) is 0 Å². The van der Waals surface area contributed by atoms with Crippen LogP contribution in [0.4, 0.5) is 0 Å². The van der Waals surface area contributed by atoms with E-state index in [4.69, 9.17) is 9.47 Å². The van der Waals surface area contributed by atoms with Crippen LogP contribution in [0.5, 0.6) is 0 Å². The van der Waals surface area contributed by atoms with Crippen molar-refractivity contribution >= 4 is 30.0 Å². The smallest absolute Gasteiger partial charge is 0.326 e. The van der Waals surface area contributed by atoms with E-state index in [-0.39, 0.29) is 55.0 Å². The van der Waals surface area contributed by atoms with E-state index in [1.165, 1.54) is 7.11 Å². The van der Waals surface area contributed by atoms with Crippen molar-refractivity contribution in [3.63, 3.8) is 0 Å². The summed E-state index contributed by atoms with van der Waals surface area (Å²) in [6, 6.07) is 6.82. The Morgan fingerprint density at radius 1 is 1.00 bits per heavy atom. The van der Waals surface area contributed by atoms with Crippen molar-refractivity contribution in [2.45, 2.75) is 116 Å². The van der Waals surface area contributed by atoms with Crippen LogP contribution in [0.25, 0.3) is 0 Å². The maximum absolute atomic E-state index is 14.1. The second-order valence-electron chi connectivity index (χ2n) is 15.3. The number of nitrogens with one attached hydrogen (secondary N) is 3. The van der Waals surface area contributed by atoms with Gasteiger partial charge in [0.25, 0.3) is 0 Å². The molecule has 2 rings (SSSR count). The van der Waals surface area contributed by atoms with Crippen LogP contribution in [0.1, 0.15) is 73.3 Å². The van der Waals surface area contributed by atoms with Gasteiger partial charge in [-0.15, -0.1) is 0 Å². The zero-order valence-electron chi connectivity index (χ0n) is 33.2. The first-order valence-electron chi connectivity index (χ1n) is 18.6. The minimum absolute atomic E-state index is 0.0114. The number of hydrogen-bond acceptors (Lipinski definition) is 9. The first-order chi connectivity index (χ1) is 24.5. The summed E-state index contributed by atoms with van der Waals surface area (Å²) in [5.41, 5.74) is -0.398. The number of benzene rings is 1. The standard InChI is InChI=1S/C39H65N5O8/c1-24(2)33(40-8)37(48)42-39(23-45,26(5)6)22-43(9)34(25(3)4)31(51-10)21-32(46)44-19-15-18-30(44)35(52-11)27(7)36(47)41-29(38(49)50)20-28-16-13-12-14-17-28/h12-14,16-17,23-27,29-31,33-35,40H,15,18-22H2,1-11H3,(H,41,47)(H,42,48)(H,49,50)/t27-,29+,30+,31-,33+,34+,35-,39-/m1/s1. The molecule has 4 N–H and O–H groups in total. The fraction of sp³-hybridized carbons (Fsp3) is 0.718. The highest BCUT2D eigenvalue weighted by Gasteiger charge is 2.44. The molecule has 0 spiro atoms. The molecule has 52 heavy (non-hydrogen) atoms. The number of nitrogens with zero attached hydrogens (tertiary/aromatic N) is 2. The predicted octanol–water partition coefficient (Wildman–Crippen LogP) is 2.76. The molecule has 1 aliphatic rings. The number of carbonyl (C=O) groups is 5. The van der Waals surface area contributed by atoms with Crippen LogP contribution in [0.15, 0.2) is 30.3 Å². The molecule has 1 saturated heterocycles. The van der Waals surface area contributed by atoms with Gasteiger partial charge in [0.15, 0.2) is 0 Å². The molecule has 1 aromatic carbocycles. The van der Waals surface area contributed by atoms with Crippen LogP contribution in [0, 0.1) is 23.7 Å². The normalized spacial score (nSPS) is 19.5. The Balaban J connectivity index is 2.25. The largest absolute Gasteiger partial charge is 0.480 e. The number of carboxylic acid groups (broad SMARTS) is 1. The molecule has 0 aliphatic carbocycles. The van der Waals surface area contributed by atoms with E-state index < -0.39 is 53.7 Å². The molecule has 1 aliphatic heterocycles. The van der Waals surface area contributed by atoms with Crippen LogP contribution in [-0.4, -0.2) is 128 Å². The van der Waals surface area contributed by atoms with Gasteiger partial charge >= 0.3 is 5.97 Å². The van der Waals surface area contributed by atoms with E-state index in [0.29, 0.717) is 13.0 Å². The van der Waals surface area contributed by atoms with Gasteiger partial charge < -0.3 is 40.2 Å². The average molecular weight is 732 g/mol. The number of ether oxygens (including phenoxy) is 2. The molecule has 1 fully saturated rings. The Hall–Kier alpha value is -3.39. The maximum Gasteiger partial charge on any atom is 0.326 e. The van der Waals surface area contributed by atoms with Crippen LogP contribution < -0.4 is 16.0 Å². The first-order valence-corrected chi connectivity index (χ1v) is 18.6. The highest BCUT2D eigenvalue weighted by molar-refractivity contribution is 5.87. The van der Waals surface area contributed by atoms with Crippen molar-refractivity contribution in [3.8, 4) is 0 Å². The van der Waals surface area contributed by atoms with Gasteiger partial charge in [0.2, 0.25) is 17.7 Å². The number of aldehydes is 1. The Labute approximate surface area is 310 Å². The summed E-state index contributed by atoms with van der Waals surface area (Å²) < 4.78 is 11.9. The predicted molar refractivity (Wildman–Crippen MR) is 201 cm³/mol. The third-order valence-electron chi connectivity index (χ3n) is 10.7. The second kappa shape index (κ2) is 20.7. The van der Waals surface area contributed by atoms with Gasteiger partial charge in [-0.2, -0.15) is 0 Å². The minimum Gasteiger partial charge on any atom is -0.480 e. The summed E-state index contributed by atoms with van der Waals surface area (Å²) in [4.78, 5) is 69.5. The van der Waals surface area contributed by atoms with E-state index in [0.717, 1.165) is 18.3 Å². The lowest BCUT2D eigenvalue weighted by atomic mass is 9.84. The summed E-state index contributed by atoms with van der Waals surface area (Å²) in [6.45, 7) is 14.1. The zero-order chi connectivity index (χ0) is 39.3. The third-order valence-corrected chi connectivity index (χ3v) is 10.7. The van der Waals surface area contributed by atoms with Crippen molar-refractivity contribution in [2.75, 3.05) is 41.4 Å². The fourth-order valence-corrected chi connectivity index (χ4v) is 7.66. The van der Waals surface area contributed by atoms with Gasteiger partial charge in [-0.05, 0) is 50.3 Å². The lowest BCUT2D eigenvalue weighted by Crippen LogP contribution is -2.65. The Kier molecular flexibility index (Phi) is 17.9. The number of amides is 3. The summed E-state index contributed by atoms with van der Waals surface area (Å²) >= 11 is 0.